The Bertz CT molecular complexity index is 1410. The maximum atomic E-state index is 10.6. The van der Waals surface area contributed by atoms with Crippen LogP contribution < -0.4 is 5.32 Å². The number of rotatable bonds is 1. The molecule has 1 atom stereocenters. The normalized spacial score (nSPS) is 15.7. The van der Waals surface area contributed by atoms with Crippen molar-refractivity contribution in [2.75, 3.05) is 25.5 Å². The molecule has 5 rings (SSSR count). The lowest BCUT2D eigenvalue weighted by Gasteiger charge is -2.28. The summed E-state index contributed by atoms with van der Waals surface area (Å²) in [5, 5.41) is 24.8. The number of likely N-dealkylation sites (N-methyl/N-ethyl adjacent to an activating group) is 1. The summed E-state index contributed by atoms with van der Waals surface area (Å²) in [6.07, 6.45) is -7.39. The van der Waals surface area contributed by atoms with Gasteiger partial charge in [-0.1, -0.05) is 0 Å². The van der Waals surface area contributed by atoms with Crippen LogP contribution in [0.3, 0.4) is 0 Å². The predicted molar refractivity (Wildman–Crippen MR) is 139 cm³/mol. The first kappa shape index (κ1) is 37.2. The Morgan fingerprint density at radius 2 is 1.41 bits per heavy atom. The average Bonchev–Trinajstić information content (AvgIpc) is 3.33. The fourth-order valence-corrected chi connectivity index (χ4v) is 3.90. The highest BCUT2D eigenvalue weighted by Crippen LogP contribution is 2.42. The van der Waals surface area contributed by atoms with Gasteiger partial charge in [0.1, 0.15) is 17.3 Å². The van der Waals surface area contributed by atoms with Crippen molar-refractivity contribution >= 4 is 29.4 Å². The number of pyridine rings is 2. The third-order valence-corrected chi connectivity index (χ3v) is 5.87. The van der Waals surface area contributed by atoms with Crippen LogP contribution in [0.4, 0.5) is 51.0 Å². The maximum absolute atomic E-state index is 10.6. The van der Waals surface area contributed by atoms with Gasteiger partial charge in [0.15, 0.2) is 0 Å². The highest BCUT2D eigenvalue weighted by molar-refractivity contribution is 5.94. The molecule has 2 aliphatic heterocycles. The predicted octanol–water partition coefficient (Wildman–Crippen LogP) is 5.30. The molecule has 1 saturated heterocycles. The van der Waals surface area contributed by atoms with Crippen LogP contribution in [0.1, 0.15) is 24.6 Å². The van der Waals surface area contributed by atoms with Gasteiger partial charge in [-0.05, 0) is 44.6 Å². The van der Waals surface area contributed by atoms with E-state index in [0.717, 1.165) is 46.4 Å². The van der Waals surface area contributed by atoms with Crippen molar-refractivity contribution in [2.45, 2.75) is 37.3 Å². The number of carboxylic acid groups (broad SMARTS) is 3. The van der Waals surface area contributed by atoms with Crippen molar-refractivity contribution in [1.29, 1.82) is 0 Å². The summed E-state index contributed by atoms with van der Waals surface area (Å²) in [6, 6.07) is 6.06. The van der Waals surface area contributed by atoms with E-state index in [1.165, 1.54) is 19.4 Å². The van der Waals surface area contributed by atoms with E-state index in [2.05, 4.69) is 38.3 Å². The van der Waals surface area contributed by atoms with Gasteiger partial charge in [0.2, 0.25) is 0 Å². The number of aromatic nitrogens is 4. The number of piperidine rings is 1. The van der Waals surface area contributed by atoms with Crippen LogP contribution >= 0.6 is 0 Å². The van der Waals surface area contributed by atoms with Gasteiger partial charge in [0.05, 0.1) is 17.6 Å². The molecule has 21 heteroatoms. The van der Waals surface area contributed by atoms with Crippen molar-refractivity contribution in [2.24, 2.45) is 0 Å². The number of aromatic amines is 1. The lowest BCUT2D eigenvalue weighted by atomic mass is 9.98. The van der Waals surface area contributed by atoms with E-state index in [0.29, 0.717) is 5.92 Å². The summed E-state index contributed by atoms with van der Waals surface area (Å²) in [7, 11) is 2.18. The van der Waals surface area contributed by atoms with Crippen LogP contribution in [-0.4, -0.2) is 96.7 Å². The zero-order chi connectivity index (χ0) is 35.0. The molecule has 5 N–H and O–H groups in total. The molecule has 3 aromatic rings. The quantitative estimate of drug-likeness (QED) is 0.165. The number of anilines is 2. The van der Waals surface area contributed by atoms with Crippen LogP contribution in [0.25, 0.3) is 22.5 Å². The van der Waals surface area contributed by atoms with E-state index in [1.54, 1.807) is 6.20 Å². The molecule has 46 heavy (non-hydrogen) atoms. The molecule has 1 unspecified atom stereocenters. The van der Waals surface area contributed by atoms with E-state index in [9.17, 15) is 39.5 Å². The standard InChI is InChI=1S/C19H20N6.3C2HF3O2/c1-25-9-3-4-12(11-25)18-23-16-13-6-8-20-10-15(13)22-19-14(17(16)24-18)5-2-7-21-19;3*3-2(4,5)1(6)7/h2,5-8,10,12H,3-4,9,11H2,1H3,(H,21,22)(H,23,24);3*(H,6,7). The van der Waals surface area contributed by atoms with E-state index < -0.39 is 36.4 Å². The van der Waals surface area contributed by atoms with E-state index in [-0.39, 0.29) is 0 Å². The van der Waals surface area contributed by atoms with Crippen LogP contribution in [0.5, 0.6) is 0 Å². The number of likely N-dealkylation sites (tertiary alicyclic amines) is 1. The summed E-state index contributed by atoms with van der Waals surface area (Å²) in [5.74, 6) is -5.91. The molecule has 0 radical (unpaired) electrons. The molecule has 0 aliphatic carbocycles. The number of halogens is 9. The fourth-order valence-electron chi connectivity index (χ4n) is 3.90. The zero-order valence-corrected chi connectivity index (χ0v) is 23.1. The largest absolute Gasteiger partial charge is 0.490 e. The maximum Gasteiger partial charge on any atom is 0.490 e. The molecule has 1 fully saturated rings. The Morgan fingerprint density at radius 3 is 1.91 bits per heavy atom. The first-order valence-electron chi connectivity index (χ1n) is 12.5. The molecule has 0 aromatic carbocycles. The number of nitrogens with zero attached hydrogens (tertiary/aromatic N) is 4. The molecule has 0 saturated carbocycles. The summed E-state index contributed by atoms with van der Waals surface area (Å²) < 4.78 is 95.2. The van der Waals surface area contributed by atoms with Crippen molar-refractivity contribution < 1.29 is 69.2 Å². The summed E-state index contributed by atoms with van der Waals surface area (Å²) >= 11 is 0. The summed E-state index contributed by atoms with van der Waals surface area (Å²) in [5.41, 5.74) is 5.10. The van der Waals surface area contributed by atoms with Gasteiger partial charge in [0, 0.05) is 36.0 Å². The summed E-state index contributed by atoms with van der Waals surface area (Å²) in [6.45, 7) is 2.22. The SMILES string of the molecule is CN1CCCC(c2nc3c([nH]2)-c2ccncc2Nc2ncccc2-3)C1.O=C(O)C(F)(F)F.O=C(O)C(F)(F)F.O=C(O)C(F)(F)F. The van der Waals surface area contributed by atoms with Gasteiger partial charge < -0.3 is 30.5 Å². The number of H-pyrrole nitrogens is 1. The van der Waals surface area contributed by atoms with Crippen LogP contribution in [0, 0.1) is 0 Å². The van der Waals surface area contributed by atoms with Crippen LogP contribution in [0.2, 0.25) is 0 Å². The Balaban J connectivity index is 0.000000289. The number of aliphatic carboxylic acids is 3. The van der Waals surface area contributed by atoms with Crippen LogP contribution in [0.15, 0.2) is 36.8 Å². The molecular formula is C25H23F9N6O6. The number of hydrogen-bond acceptors (Lipinski definition) is 8. The van der Waals surface area contributed by atoms with Gasteiger partial charge in [-0.15, -0.1) is 0 Å². The average molecular weight is 674 g/mol. The first-order chi connectivity index (χ1) is 21.1. The Hall–Kier alpha value is -4.95. The summed E-state index contributed by atoms with van der Waals surface area (Å²) in [4.78, 5) is 46.5. The van der Waals surface area contributed by atoms with E-state index in [1.807, 2.05) is 24.5 Å². The first-order valence-corrected chi connectivity index (χ1v) is 12.5. The van der Waals surface area contributed by atoms with Crippen molar-refractivity contribution in [3.05, 3.63) is 42.6 Å². The van der Waals surface area contributed by atoms with Gasteiger partial charge >= 0.3 is 36.4 Å². The van der Waals surface area contributed by atoms with Crippen molar-refractivity contribution in [3.63, 3.8) is 0 Å². The van der Waals surface area contributed by atoms with Crippen molar-refractivity contribution in [1.82, 2.24) is 24.8 Å². The van der Waals surface area contributed by atoms with E-state index >= 15 is 0 Å². The highest BCUT2D eigenvalue weighted by atomic mass is 19.4. The number of nitrogens with one attached hydrogen (secondary N) is 2. The number of carboxylic acids is 3. The molecule has 0 spiro atoms. The Labute approximate surface area is 251 Å². The molecule has 0 amide bonds. The number of imidazole rings is 1. The fraction of sp³-hybridized carbons (Fsp3) is 0.360. The minimum atomic E-state index is -5.08. The van der Waals surface area contributed by atoms with Gasteiger partial charge in [0.25, 0.3) is 0 Å². The highest BCUT2D eigenvalue weighted by Gasteiger charge is 2.39. The number of fused-ring (bicyclic) bond motifs is 5. The minimum absolute atomic E-state index is 0.448. The lowest BCUT2D eigenvalue weighted by Crippen LogP contribution is -2.31. The number of carbonyl (C=O) groups is 3. The number of hydrogen-bond donors (Lipinski definition) is 5. The smallest absolute Gasteiger partial charge is 0.475 e. The Kier molecular flexibility index (Phi) is 12.1. The molecule has 3 aromatic heterocycles. The second-order valence-corrected chi connectivity index (χ2v) is 9.30. The zero-order valence-electron chi connectivity index (χ0n) is 23.1. The van der Waals surface area contributed by atoms with Gasteiger partial charge in [-0.2, -0.15) is 39.5 Å². The van der Waals surface area contributed by atoms with Crippen LogP contribution in [-0.2, 0) is 14.4 Å². The van der Waals surface area contributed by atoms with E-state index in [4.69, 9.17) is 34.7 Å². The minimum Gasteiger partial charge on any atom is -0.475 e. The molecule has 252 valence electrons. The lowest BCUT2D eigenvalue weighted by molar-refractivity contribution is -0.193. The number of alkyl halides is 9. The molecular weight excluding hydrogens is 651 g/mol. The molecule has 0 bridgehead atoms. The topological polar surface area (TPSA) is 182 Å². The Morgan fingerprint density at radius 1 is 0.870 bits per heavy atom. The third kappa shape index (κ3) is 10.6. The van der Waals surface area contributed by atoms with Gasteiger partial charge in [-0.3, -0.25) is 4.98 Å². The molecule has 2 aliphatic rings. The molecule has 5 heterocycles. The molecule has 12 nitrogen and oxygen atoms in total. The van der Waals surface area contributed by atoms with Gasteiger partial charge in [-0.25, -0.2) is 24.4 Å². The second kappa shape index (κ2) is 14.9. The second-order valence-electron chi connectivity index (χ2n) is 9.30. The van der Waals surface area contributed by atoms with Crippen molar-refractivity contribution in [3.8, 4) is 22.5 Å². The monoisotopic (exact) mass is 674 g/mol. The third-order valence-electron chi connectivity index (χ3n) is 5.87.